The molecule has 0 spiro atoms. The number of likely N-dealkylation sites (tertiary alicyclic amines) is 1. The quantitative estimate of drug-likeness (QED) is 0.741. The summed E-state index contributed by atoms with van der Waals surface area (Å²) in [6.45, 7) is 4.67. The van der Waals surface area contributed by atoms with Crippen LogP contribution in [0.1, 0.15) is 37.3 Å². The van der Waals surface area contributed by atoms with E-state index in [-0.39, 0.29) is 6.10 Å². The molecule has 1 aliphatic heterocycles. The summed E-state index contributed by atoms with van der Waals surface area (Å²) in [5.41, 5.74) is 2.99. The predicted molar refractivity (Wildman–Crippen MR) is 95.0 cm³/mol. The fraction of sp³-hybridized carbons (Fsp3) is 0.500. The molecule has 1 aromatic carbocycles. The van der Waals surface area contributed by atoms with Crippen LogP contribution in [0.15, 0.2) is 30.5 Å². The molecule has 2 N–H and O–H groups in total. The highest BCUT2D eigenvalue weighted by atomic mass is 16.3. The van der Waals surface area contributed by atoms with Gasteiger partial charge in [0.15, 0.2) is 0 Å². The summed E-state index contributed by atoms with van der Waals surface area (Å²) < 4.78 is 1.97. The minimum Gasteiger partial charge on any atom is -0.393 e. The molecule has 3 heterocycles. The third-order valence-electron chi connectivity index (χ3n) is 4.81. The summed E-state index contributed by atoms with van der Waals surface area (Å²) >= 11 is 0. The molecule has 132 valence electrons. The van der Waals surface area contributed by atoms with Crippen LogP contribution < -0.4 is 0 Å². The van der Waals surface area contributed by atoms with Crippen molar-refractivity contribution < 1.29 is 5.11 Å². The number of rotatable bonds is 5. The van der Waals surface area contributed by atoms with E-state index >= 15 is 0 Å². The van der Waals surface area contributed by atoms with E-state index in [1.165, 1.54) is 0 Å². The minimum atomic E-state index is -0.379. The predicted octanol–water partition coefficient (Wildman–Crippen LogP) is 1.91. The lowest BCUT2D eigenvalue weighted by molar-refractivity contribution is 0.169. The van der Waals surface area contributed by atoms with Crippen molar-refractivity contribution in [3.8, 4) is 0 Å². The van der Waals surface area contributed by atoms with Gasteiger partial charge in [0, 0.05) is 25.7 Å². The molecule has 7 heteroatoms. The van der Waals surface area contributed by atoms with Crippen molar-refractivity contribution in [1.29, 1.82) is 0 Å². The standard InChI is InChI=1S/C18H24N6O/c1-13(25)10-14-11-24(22-21-14)15-6-8-23(9-7-15)12-18-19-16-4-2-3-5-17(16)20-18/h2-5,11,13,15,25H,6-10,12H2,1H3,(H,19,20). The van der Waals surface area contributed by atoms with E-state index in [1.807, 2.05) is 29.1 Å². The molecule has 3 aromatic rings. The molecule has 0 bridgehead atoms. The maximum Gasteiger partial charge on any atom is 0.121 e. The Labute approximate surface area is 146 Å². The lowest BCUT2D eigenvalue weighted by Crippen LogP contribution is -2.34. The molecule has 1 fully saturated rings. The Morgan fingerprint density at radius 1 is 1.28 bits per heavy atom. The minimum absolute atomic E-state index is 0.379. The number of hydrogen-bond donors (Lipinski definition) is 2. The second kappa shape index (κ2) is 6.93. The van der Waals surface area contributed by atoms with Gasteiger partial charge < -0.3 is 10.1 Å². The number of aliphatic hydroxyl groups excluding tert-OH is 1. The molecule has 25 heavy (non-hydrogen) atoms. The van der Waals surface area contributed by atoms with E-state index in [4.69, 9.17) is 0 Å². The number of aromatic nitrogens is 5. The Balaban J connectivity index is 1.34. The Hall–Kier alpha value is -2.25. The monoisotopic (exact) mass is 340 g/mol. The number of nitrogens with one attached hydrogen (secondary N) is 1. The number of benzene rings is 1. The van der Waals surface area contributed by atoms with Crippen LogP contribution in [-0.2, 0) is 13.0 Å². The normalized spacial score (nSPS) is 18.0. The molecular formula is C18H24N6O. The number of H-pyrrole nitrogens is 1. The van der Waals surface area contributed by atoms with E-state index in [2.05, 4.69) is 31.2 Å². The summed E-state index contributed by atoms with van der Waals surface area (Å²) in [7, 11) is 0. The second-order valence-corrected chi connectivity index (χ2v) is 6.95. The van der Waals surface area contributed by atoms with Gasteiger partial charge >= 0.3 is 0 Å². The van der Waals surface area contributed by atoms with Crippen molar-refractivity contribution in [2.24, 2.45) is 0 Å². The van der Waals surface area contributed by atoms with Crippen LogP contribution in [0.5, 0.6) is 0 Å². The van der Waals surface area contributed by atoms with Gasteiger partial charge in [0.05, 0.1) is 35.4 Å². The van der Waals surface area contributed by atoms with Crippen molar-refractivity contribution in [1.82, 2.24) is 29.9 Å². The van der Waals surface area contributed by atoms with Crippen LogP contribution in [0.3, 0.4) is 0 Å². The number of para-hydroxylation sites is 2. The fourth-order valence-corrected chi connectivity index (χ4v) is 3.52. The second-order valence-electron chi connectivity index (χ2n) is 6.95. The van der Waals surface area contributed by atoms with Gasteiger partial charge in [-0.1, -0.05) is 17.3 Å². The molecule has 4 rings (SSSR count). The number of aliphatic hydroxyl groups is 1. The number of imidazole rings is 1. The summed E-state index contributed by atoms with van der Waals surface area (Å²) in [6.07, 6.45) is 4.27. The van der Waals surface area contributed by atoms with Crippen LogP contribution in [0.2, 0.25) is 0 Å². The van der Waals surface area contributed by atoms with Gasteiger partial charge in [-0.25, -0.2) is 9.67 Å². The van der Waals surface area contributed by atoms with E-state index in [0.29, 0.717) is 12.5 Å². The van der Waals surface area contributed by atoms with Crippen LogP contribution in [0, 0.1) is 0 Å². The SMILES string of the molecule is CC(O)Cc1cn(C2CCN(Cc3nc4ccccc4[nH]3)CC2)nn1. The van der Waals surface area contributed by atoms with Crippen molar-refractivity contribution in [2.45, 2.75) is 44.9 Å². The molecule has 7 nitrogen and oxygen atoms in total. The average molecular weight is 340 g/mol. The average Bonchev–Trinajstić information content (AvgIpc) is 3.21. The summed E-state index contributed by atoms with van der Waals surface area (Å²) in [6, 6.07) is 8.54. The maximum atomic E-state index is 9.46. The first-order valence-electron chi connectivity index (χ1n) is 8.92. The van der Waals surface area contributed by atoms with Crippen molar-refractivity contribution in [2.75, 3.05) is 13.1 Å². The third kappa shape index (κ3) is 3.72. The first-order chi connectivity index (χ1) is 12.2. The van der Waals surface area contributed by atoms with Crippen LogP contribution in [0.4, 0.5) is 0 Å². The molecule has 0 radical (unpaired) electrons. The number of nitrogens with zero attached hydrogens (tertiary/aromatic N) is 5. The molecule has 0 amide bonds. The number of aromatic amines is 1. The maximum absolute atomic E-state index is 9.46. The van der Waals surface area contributed by atoms with Gasteiger partial charge in [0.2, 0.25) is 0 Å². The van der Waals surface area contributed by atoms with Gasteiger partial charge in [0.1, 0.15) is 5.82 Å². The van der Waals surface area contributed by atoms with Gasteiger partial charge in [0.25, 0.3) is 0 Å². The van der Waals surface area contributed by atoms with Crippen molar-refractivity contribution >= 4 is 11.0 Å². The van der Waals surface area contributed by atoms with Crippen LogP contribution >= 0.6 is 0 Å². The molecule has 1 unspecified atom stereocenters. The highest BCUT2D eigenvalue weighted by Gasteiger charge is 2.22. The Morgan fingerprint density at radius 3 is 2.84 bits per heavy atom. The Morgan fingerprint density at radius 2 is 2.08 bits per heavy atom. The summed E-state index contributed by atoms with van der Waals surface area (Å²) in [5.74, 6) is 1.03. The first kappa shape index (κ1) is 16.2. The molecule has 1 atom stereocenters. The highest BCUT2D eigenvalue weighted by molar-refractivity contribution is 5.74. The smallest absolute Gasteiger partial charge is 0.121 e. The van der Waals surface area contributed by atoms with E-state index in [1.54, 1.807) is 6.92 Å². The van der Waals surface area contributed by atoms with Gasteiger partial charge in [-0.2, -0.15) is 0 Å². The van der Waals surface area contributed by atoms with Gasteiger partial charge in [-0.3, -0.25) is 4.90 Å². The van der Waals surface area contributed by atoms with Crippen LogP contribution in [-0.4, -0.2) is 54.2 Å². The van der Waals surface area contributed by atoms with Crippen molar-refractivity contribution in [3.63, 3.8) is 0 Å². The van der Waals surface area contributed by atoms with E-state index in [0.717, 1.165) is 55.0 Å². The molecule has 2 aromatic heterocycles. The summed E-state index contributed by atoms with van der Waals surface area (Å²) in [4.78, 5) is 10.5. The van der Waals surface area contributed by atoms with E-state index in [9.17, 15) is 5.11 Å². The van der Waals surface area contributed by atoms with Crippen LogP contribution in [0.25, 0.3) is 11.0 Å². The zero-order valence-electron chi connectivity index (χ0n) is 14.5. The molecule has 1 saturated heterocycles. The van der Waals surface area contributed by atoms with Gasteiger partial charge in [-0.15, -0.1) is 5.10 Å². The third-order valence-corrected chi connectivity index (χ3v) is 4.81. The lowest BCUT2D eigenvalue weighted by atomic mass is 10.1. The Bertz CT molecular complexity index is 798. The molecular weight excluding hydrogens is 316 g/mol. The summed E-state index contributed by atoms with van der Waals surface area (Å²) in [5, 5.41) is 17.9. The Kier molecular flexibility index (Phi) is 4.50. The topological polar surface area (TPSA) is 82.9 Å². The molecule has 0 saturated carbocycles. The zero-order valence-corrected chi connectivity index (χ0v) is 14.5. The van der Waals surface area contributed by atoms with Gasteiger partial charge in [-0.05, 0) is 31.9 Å². The molecule has 1 aliphatic rings. The van der Waals surface area contributed by atoms with Crippen molar-refractivity contribution in [3.05, 3.63) is 42.0 Å². The largest absolute Gasteiger partial charge is 0.393 e. The number of piperidine rings is 1. The number of fused-ring (bicyclic) bond motifs is 1. The number of hydrogen-bond acceptors (Lipinski definition) is 5. The fourth-order valence-electron chi connectivity index (χ4n) is 3.52. The van der Waals surface area contributed by atoms with E-state index < -0.39 is 0 Å². The highest BCUT2D eigenvalue weighted by Crippen LogP contribution is 2.23. The molecule has 0 aliphatic carbocycles. The first-order valence-corrected chi connectivity index (χ1v) is 8.92. The lowest BCUT2D eigenvalue weighted by Gasteiger charge is -2.31. The zero-order chi connectivity index (χ0) is 17.2.